The lowest BCUT2D eigenvalue weighted by Crippen LogP contribution is -2.45. The molecule has 1 aromatic rings. The van der Waals surface area contributed by atoms with Crippen molar-refractivity contribution in [3.63, 3.8) is 0 Å². The number of likely N-dealkylation sites (N-methyl/N-ethyl adjacent to an activating group) is 1. The van der Waals surface area contributed by atoms with E-state index in [0.29, 0.717) is 23.6 Å². The summed E-state index contributed by atoms with van der Waals surface area (Å²) < 4.78 is 14.0. The highest BCUT2D eigenvalue weighted by atomic mass is 35.5. The predicted octanol–water partition coefficient (Wildman–Crippen LogP) is 0.797. The molecule has 2 aliphatic rings. The zero-order valence-corrected chi connectivity index (χ0v) is 11.0. The number of aliphatic imine (C=N–C) groups is 1. The van der Waals surface area contributed by atoms with Crippen molar-refractivity contribution in [1.29, 1.82) is 0 Å². The van der Waals surface area contributed by atoms with Gasteiger partial charge in [-0.3, -0.25) is 5.32 Å². The molecule has 1 fully saturated rings. The Morgan fingerprint density at radius 2 is 2.21 bits per heavy atom. The fourth-order valence-electron chi connectivity index (χ4n) is 2.33. The Labute approximate surface area is 114 Å². The minimum Gasteiger partial charge on any atom is -0.370 e. The van der Waals surface area contributed by atoms with E-state index in [1.54, 1.807) is 18.2 Å². The van der Waals surface area contributed by atoms with Crippen LogP contribution in [0.5, 0.6) is 0 Å². The number of hydrogen-bond donors (Lipinski definition) is 3. The summed E-state index contributed by atoms with van der Waals surface area (Å²) in [6, 6.07) is 6.46. The van der Waals surface area contributed by atoms with Crippen LogP contribution in [0.2, 0.25) is 0 Å². The Morgan fingerprint density at radius 1 is 1.47 bits per heavy atom. The number of benzene rings is 1. The molecule has 0 radical (unpaired) electrons. The van der Waals surface area contributed by atoms with Crippen LogP contribution in [0.15, 0.2) is 35.0 Å². The second kappa shape index (κ2) is 4.11. The van der Waals surface area contributed by atoms with Crippen LogP contribution in [0.4, 0.5) is 4.39 Å². The minimum atomic E-state index is -1.14. The van der Waals surface area contributed by atoms with E-state index >= 15 is 0 Å². The highest BCUT2D eigenvalue weighted by molar-refractivity contribution is 6.27. The standard InChI is InChI=1S/C12H13ClFN5/c1-19-6-16-12(13)10(19)9(17-11(15)18-12)7-4-2-3-5-8(7)14/h2-5,16H,6H2,1H3,(H3,15,17,18). The number of nitrogens with zero attached hydrogens (tertiary/aromatic N) is 2. The molecule has 3 rings (SSSR count). The van der Waals surface area contributed by atoms with Crippen LogP contribution < -0.4 is 16.4 Å². The van der Waals surface area contributed by atoms with Crippen LogP contribution in [0.25, 0.3) is 5.70 Å². The second-order valence-electron chi connectivity index (χ2n) is 4.48. The van der Waals surface area contributed by atoms with Crippen molar-refractivity contribution in [2.75, 3.05) is 13.7 Å². The summed E-state index contributed by atoms with van der Waals surface area (Å²) >= 11 is 6.42. The summed E-state index contributed by atoms with van der Waals surface area (Å²) in [7, 11) is 1.85. The van der Waals surface area contributed by atoms with Gasteiger partial charge in [0, 0.05) is 12.6 Å². The average molecular weight is 282 g/mol. The molecule has 2 heterocycles. The van der Waals surface area contributed by atoms with Crippen molar-refractivity contribution in [2.24, 2.45) is 10.7 Å². The molecule has 0 spiro atoms. The topological polar surface area (TPSA) is 65.7 Å². The van der Waals surface area contributed by atoms with Crippen LogP contribution in [-0.2, 0) is 0 Å². The molecule has 0 amide bonds. The number of guanidine groups is 1. The van der Waals surface area contributed by atoms with Crippen LogP contribution >= 0.6 is 11.6 Å². The first-order chi connectivity index (χ1) is 9.01. The van der Waals surface area contributed by atoms with Gasteiger partial charge in [0.15, 0.2) is 5.96 Å². The van der Waals surface area contributed by atoms with Crippen LogP contribution in [-0.4, -0.2) is 29.7 Å². The van der Waals surface area contributed by atoms with Gasteiger partial charge in [-0.25, -0.2) is 9.38 Å². The quantitative estimate of drug-likeness (QED) is 0.526. The molecule has 0 aliphatic carbocycles. The van der Waals surface area contributed by atoms with Gasteiger partial charge in [0.05, 0.1) is 18.1 Å². The number of rotatable bonds is 1. The first kappa shape index (κ1) is 12.3. The lowest BCUT2D eigenvalue weighted by atomic mass is 10.1. The smallest absolute Gasteiger partial charge is 0.234 e. The van der Waals surface area contributed by atoms with Gasteiger partial charge in [0.25, 0.3) is 0 Å². The van der Waals surface area contributed by atoms with E-state index in [1.807, 2.05) is 11.9 Å². The van der Waals surface area contributed by atoms with E-state index in [9.17, 15) is 4.39 Å². The molecular formula is C12H13ClFN5. The maximum atomic E-state index is 14.0. The third-order valence-electron chi connectivity index (χ3n) is 3.15. The highest BCUT2D eigenvalue weighted by Gasteiger charge is 2.45. The van der Waals surface area contributed by atoms with E-state index in [4.69, 9.17) is 17.3 Å². The predicted molar refractivity (Wildman–Crippen MR) is 72.4 cm³/mol. The summed E-state index contributed by atoms with van der Waals surface area (Å²) in [5, 5.41) is 4.80. The first-order valence-corrected chi connectivity index (χ1v) is 6.16. The molecule has 7 heteroatoms. The van der Waals surface area contributed by atoms with Gasteiger partial charge in [-0.05, 0) is 12.1 Å². The molecule has 2 aliphatic heterocycles. The normalized spacial score (nSPS) is 26.1. The van der Waals surface area contributed by atoms with E-state index in [0.717, 1.165) is 0 Å². The maximum absolute atomic E-state index is 14.0. The third-order valence-corrected chi connectivity index (χ3v) is 3.55. The summed E-state index contributed by atoms with van der Waals surface area (Å²) in [6.07, 6.45) is 0. The summed E-state index contributed by atoms with van der Waals surface area (Å²) in [5.74, 6) is -0.189. The Hall–Kier alpha value is -1.79. The van der Waals surface area contributed by atoms with Crippen molar-refractivity contribution >= 4 is 23.3 Å². The third kappa shape index (κ3) is 1.84. The first-order valence-electron chi connectivity index (χ1n) is 5.78. The zero-order chi connectivity index (χ0) is 13.6. The number of nitrogens with one attached hydrogen (secondary N) is 2. The fraction of sp³-hybridized carbons (Fsp3) is 0.250. The zero-order valence-electron chi connectivity index (χ0n) is 10.2. The van der Waals surface area contributed by atoms with Crippen molar-refractivity contribution in [1.82, 2.24) is 15.5 Å². The maximum Gasteiger partial charge on any atom is 0.234 e. The number of fused-ring (bicyclic) bond motifs is 1. The van der Waals surface area contributed by atoms with Crippen molar-refractivity contribution < 1.29 is 4.39 Å². The van der Waals surface area contributed by atoms with Gasteiger partial charge in [-0.2, -0.15) is 0 Å². The molecule has 0 saturated carbocycles. The molecule has 1 unspecified atom stereocenters. The molecule has 100 valence electrons. The lowest BCUT2D eigenvalue weighted by Gasteiger charge is -2.29. The number of halogens is 2. The van der Waals surface area contributed by atoms with Gasteiger partial charge in [-0.15, -0.1) is 0 Å². The number of hydrogen-bond acceptors (Lipinski definition) is 5. The summed E-state index contributed by atoms with van der Waals surface area (Å²) in [5.41, 5.74) is 7.35. The SMILES string of the molecule is CN1CNC2(Cl)N=C(N)NC(c3ccccc3F)=C12. The molecule has 19 heavy (non-hydrogen) atoms. The monoisotopic (exact) mass is 281 g/mol. The molecule has 5 nitrogen and oxygen atoms in total. The largest absolute Gasteiger partial charge is 0.370 e. The van der Waals surface area contributed by atoms with Gasteiger partial charge in [0.2, 0.25) is 5.12 Å². The molecule has 1 aromatic carbocycles. The van der Waals surface area contributed by atoms with E-state index < -0.39 is 5.12 Å². The van der Waals surface area contributed by atoms with Gasteiger partial charge in [0.1, 0.15) is 5.82 Å². The van der Waals surface area contributed by atoms with Gasteiger partial charge >= 0.3 is 0 Å². The second-order valence-corrected chi connectivity index (χ2v) is 5.03. The van der Waals surface area contributed by atoms with Crippen LogP contribution in [0, 0.1) is 5.82 Å². The minimum absolute atomic E-state index is 0.153. The molecule has 1 atom stereocenters. The number of nitrogens with two attached hydrogens (primary N) is 1. The summed E-state index contributed by atoms with van der Waals surface area (Å²) in [4.78, 5) is 6.02. The fourth-order valence-corrected chi connectivity index (χ4v) is 2.72. The van der Waals surface area contributed by atoms with Crippen molar-refractivity contribution in [3.8, 4) is 0 Å². The highest BCUT2D eigenvalue weighted by Crippen LogP contribution is 2.38. The summed E-state index contributed by atoms with van der Waals surface area (Å²) in [6.45, 7) is 0.509. The average Bonchev–Trinajstić information content (AvgIpc) is 2.65. The van der Waals surface area contributed by atoms with Crippen molar-refractivity contribution in [2.45, 2.75) is 5.12 Å². The Morgan fingerprint density at radius 3 is 2.95 bits per heavy atom. The molecular weight excluding hydrogens is 269 g/mol. The van der Waals surface area contributed by atoms with Crippen LogP contribution in [0.3, 0.4) is 0 Å². The van der Waals surface area contributed by atoms with Crippen LogP contribution in [0.1, 0.15) is 5.56 Å². The molecule has 0 aromatic heterocycles. The molecule has 1 saturated heterocycles. The Balaban J connectivity index is 2.21. The molecule has 0 bridgehead atoms. The molecule has 4 N–H and O–H groups in total. The Bertz CT molecular complexity index is 600. The Kier molecular flexibility index (Phi) is 2.65. The lowest BCUT2D eigenvalue weighted by molar-refractivity contribution is 0.466. The van der Waals surface area contributed by atoms with E-state index in [-0.39, 0.29) is 11.8 Å². The van der Waals surface area contributed by atoms with E-state index in [2.05, 4.69) is 15.6 Å². The van der Waals surface area contributed by atoms with Gasteiger partial charge < -0.3 is 16.0 Å². The number of alkyl halides is 1. The van der Waals surface area contributed by atoms with Gasteiger partial charge in [-0.1, -0.05) is 23.7 Å². The van der Waals surface area contributed by atoms with Crippen molar-refractivity contribution in [3.05, 3.63) is 41.3 Å². The van der Waals surface area contributed by atoms with E-state index in [1.165, 1.54) is 6.07 Å².